The van der Waals surface area contributed by atoms with Crippen LogP contribution in [0.5, 0.6) is 0 Å². The number of nitrogens with one attached hydrogen (secondary N) is 1. The Balaban J connectivity index is 2.00. The Labute approximate surface area is 124 Å². The van der Waals surface area contributed by atoms with E-state index in [4.69, 9.17) is 10.6 Å². The molecule has 2 atom stereocenters. The Morgan fingerprint density at radius 2 is 1.90 bits per heavy atom. The summed E-state index contributed by atoms with van der Waals surface area (Å²) in [4.78, 5) is 2.59. The molecule has 2 unspecified atom stereocenters. The van der Waals surface area contributed by atoms with E-state index in [1.54, 1.807) is 0 Å². The molecular weight excluding hydrogens is 250 g/mol. The van der Waals surface area contributed by atoms with Crippen LogP contribution in [0.3, 0.4) is 0 Å². The van der Waals surface area contributed by atoms with Crippen molar-refractivity contribution < 1.29 is 4.74 Å². The molecule has 0 bridgehead atoms. The number of hydrogen-bond donors (Lipinski definition) is 2. The molecule has 0 aromatic heterocycles. The van der Waals surface area contributed by atoms with E-state index in [9.17, 15) is 0 Å². The summed E-state index contributed by atoms with van der Waals surface area (Å²) in [5.74, 6) is 6.81. The van der Waals surface area contributed by atoms with E-state index in [1.165, 1.54) is 38.5 Å². The lowest BCUT2D eigenvalue weighted by atomic mass is 9.77. The number of nitrogens with two attached hydrogens (primary N) is 1. The Kier molecular flexibility index (Phi) is 6.27. The topological polar surface area (TPSA) is 50.5 Å². The van der Waals surface area contributed by atoms with Gasteiger partial charge in [0.25, 0.3) is 0 Å². The van der Waals surface area contributed by atoms with Crippen molar-refractivity contribution in [2.75, 3.05) is 26.3 Å². The van der Waals surface area contributed by atoms with Crippen molar-refractivity contribution in [1.29, 1.82) is 0 Å². The maximum absolute atomic E-state index is 5.95. The highest BCUT2D eigenvalue weighted by Gasteiger charge is 2.39. The summed E-state index contributed by atoms with van der Waals surface area (Å²) in [5, 5.41) is 0. The van der Waals surface area contributed by atoms with E-state index in [-0.39, 0.29) is 5.54 Å². The van der Waals surface area contributed by atoms with Gasteiger partial charge in [0, 0.05) is 24.7 Å². The maximum Gasteiger partial charge on any atom is 0.0594 e. The van der Waals surface area contributed by atoms with Crippen molar-refractivity contribution in [3.8, 4) is 0 Å². The summed E-state index contributed by atoms with van der Waals surface area (Å²) in [6, 6.07) is 0.383. The molecule has 4 heteroatoms. The lowest BCUT2D eigenvalue weighted by Gasteiger charge is -2.48. The highest BCUT2D eigenvalue weighted by atomic mass is 16.5. The lowest BCUT2D eigenvalue weighted by molar-refractivity contribution is -0.0361. The number of ether oxygens (including phenoxy) is 1. The van der Waals surface area contributed by atoms with Crippen LogP contribution in [0.4, 0.5) is 0 Å². The molecule has 2 rings (SSSR count). The fourth-order valence-electron chi connectivity index (χ4n) is 4.02. The maximum atomic E-state index is 5.95. The predicted molar refractivity (Wildman–Crippen MR) is 83.4 cm³/mol. The molecule has 0 spiro atoms. The second-order valence-corrected chi connectivity index (χ2v) is 6.77. The van der Waals surface area contributed by atoms with E-state index in [2.05, 4.69) is 24.2 Å². The zero-order valence-electron chi connectivity index (χ0n) is 13.4. The van der Waals surface area contributed by atoms with Crippen molar-refractivity contribution >= 4 is 0 Å². The van der Waals surface area contributed by atoms with Gasteiger partial charge in [-0.1, -0.05) is 39.0 Å². The largest absolute Gasteiger partial charge is 0.379 e. The second kappa shape index (κ2) is 7.74. The van der Waals surface area contributed by atoms with Crippen LogP contribution in [0, 0.1) is 5.92 Å². The minimum atomic E-state index is 0.149. The lowest BCUT2D eigenvalue weighted by Crippen LogP contribution is -2.63. The third-order valence-corrected chi connectivity index (χ3v) is 5.69. The number of morpholine rings is 1. The molecule has 2 aliphatic rings. The molecular formula is C16H33N3O. The van der Waals surface area contributed by atoms with Gasteiger partial charge in [0.15, 0.2) is 0 Å². The normalized spacial score (nSPS) is 27.1. The molecule has 1 heterocycles. The molecule has 1 saturated carbocycles. The highest BCUT2D eigenvalue weighted by Crippen LogP contribution is 2.33. The van der Waals surface area contributed by atoms with Crippen LogP contribution < -0.4 is 11.3 Å². The van der Waals surface area contributed by atoms with Crippen LogP contribution in [-0.4, -0.2) is 42.8 Å². The van der Waals surface area contributed by atoms with Gasteiger partial charge in [-0.3, -0.25) is 16.2 Å². The van der Waals surface area contributed by atoms with Gasteiger partial charge in [-0.25, -0.2) is 0 Å². The molecule has 118 valence electrons. The average molecular weight is 283 g/mol. The van der Waals surface area contributed by atoms with Crippen LogP contribution in [0.15, 0.2) is 0 Å². The first kappa shape index (κ1) is 16.2. The Morgan fingerprint density at radius 3 is 2.45 bits per heavy atom. The van der Waals surface area contributed by atoms with Gasteiger partial charge >= 0.3 is 0 Å². The quantitative estimate of drug-likeness (QED) is 0.580. The Morgan fingerprint density at radius 1 is 1.25 bits per heavy atom. The molecule has 0 radical (unpaired) electrons. The van der Waals surface area contributed by atoms with Crippen molar-refractivity contribution in [2.24, 2.45) is 11.8 Å². The number of nitrogens with zero attached hydrogens (tertiary/aromatic N) is 1. The first-order chi connectivity index (χ1) is 9.70. The summed E-state index contributed by atoms with van der Waals surface area (Å²) in [5.41, 5.74) is 3.30. The molecule has 0 aromatic rings. The molecule has 1 aliphatic heterocycles. The van der Waals surface area contributed by atoms with Crippen LogP contribution >= 0.6 is 0 Å². The van der Waals surface area contributed by atoms with Gasteiger partial charge in [0.2, 0.25) is 0 Å². The Hall–Kier alpha value is -0.160. The van der Waals surface area contributed by atoms with E-state index in [0.29, 0.717) is 6.04 Å². The fraction of sp³-hybridized carbons (Fsp3) is 1.00. The fourth-order valence-corrected chi connectivity index (χ4v) is 4.02. The molecule has 0 amide bonds. The molecule has 0 aromatic carbocycles. The van der Waals surface area contributed by atoms with Crippen molar-refractivity contribution in [3.63, 3.8) is 0 Å². The summed E-state index contributed by atoms with van der Waals surface area (Å²) >= 11 is 0. The van der Waals surface area contributed by atoms with Gasteiger partial charge in [-0.15, -0.1) is 0 Å². The van der Waals surface area contributed by atoms with Crippen LogP contribution in [0.1, 0.15) is 58.8 Å². The van der Waals surface area contributed by atoms with E-state index in [0.717, 1.165) is 38.6 Å². The molecule has 4 nitrogen and oxygen atoms in total. The molecule has 20 heavy (non-hydrogen) atoms. The Bertz CT molecular complexity index is 275. The average Bonchev–Trinajstić information content (AvgIpc) is 2.53. The predicted octanol–water partition coefficient (Wildman–Crippen LogP) is 2.29. The van der Waals surface area contributed by atoms with E-state index in [1.807, 2.05) is 0 Å². The third kappa shape index (κ3) is 3.73. The van der Waals surface area contributed by atoms with Crippen molar-refractivity contribution in [2.45, 2.75) is 70.4 Å². The van der Waals surface area contributed by atoms with Crippen LogP contribution in [-0.2, 0) is 4.74 Å². The first-order valence-electron chi connectivity index (χ1n) is 8.49. The smallest absolute Gasteiger partial charge is 0.0594 e. The summed E-state index contributed by atoms with van der Waals surface area (Å²) < 4.78 is 5.51. The standard InChI is InChI=1S/C16H33N3O/c1-3-16(2,19-9-11-20-12-10-19)15(18-17)13-14-7-5-4-6-8-14/h14-15,18H,3-13,17H2,1-2H3. The minimum absolute atomic E-state index is 0.149. The summed E-state index contributed by atoms with van der Waals surface area (Å²) in [7, 11) is 0. The van der Waals surface area contributed by atoms with Gasteiger partial charge in [0.05, 0.1) is 13.2 Å². The van der Waals surface area contributed by atoms with Crippen LogP contribution in [0.25, 0.3) is 0 Å². The van der Waals surface area contributed by atoms with E-state index < -0.39 is 0 Å². The second-order valence-electron chi connectivity index (χ2n) is 6.77. The molecule has 1 saturated heterocycles. The van der Waals surface area contributed by atoms with Gasteiger partial charge in [-0.2, -0.15) is 0 Å². The van der Waals surface area contributed by atoms with E-state index >= 15 is 0 Å². The van der Waals surface area contributed by atoms with Crippen LogP contribution in [0.2, 0.25) is 0 Å². The zero-order valence-corrected chi connectivity index (χ0v) is 13.4. The monoisotopic (exact) mass is 283 g/mol. The summed E-state index contributed by atoms with van der Waals surface area (Å²) in [6.07, 6.45) is 9.37. The van der Waals surface area contributed by atoms with Gasteiger partial charge in [-0.05, 0) is 25.7 Å². The highest BCUT2D eigenvalue weighted by molar-refractivity contribution is 4.97. The minimum Gasteiger partial charge on any atom is -0.379 e. The summed E-state index contributed by atoms with van der Waals surface area (Å²) in [6.45, 7) is 8.46. The van der Waals surface area contributed by atoms with Crippen molar-refractivity contribution in [1.82, 2.24) is 10.3 Å². The third-order valence-electron chi connectivity index (χ3n) is 5.69. The number of hydrazine groups is 1. The molecule has 1 aliphatic carbocycles. The van der Waals surface area contributed by atoms with Gasteiger partial charge < -0.3 is 4.74 Å². The van der Waals surface area contributed by atoms with Crippen molar-refractivity contribution in [3.05, 3.63) is 0 Å². The van der Waals surface area contributed by atoms with Gasteiger partial charge in [0.1, 0.15) is 0 Å². The first-order valence-corrected chi connectivity index (χ1v) is 8.49. The molecule has 3 N–H and O–H groups in total. The SMILES string of the molecule is CCC(C)(C(CC1CCCCC1)NN)N1CCOCC1. The number of rotatable bonds is 6. The molecule has 2 fully saturated rings. The zero-order chi connectivity index (χ0) is 14.4. The number of hydrogen-bond acceptors (Lipinski definition) is 4.